The third kappa shape index (κ3) is 4.08. The van der Waals surface area contributed by atoms with Crippen LogP contribution >= 0.6 is 0 Å². The summed E-state index contributed by atoms with van der Waals surface area (Å²) < 4.78 is 37.0. The summed E-state index contributed by atoms with van der Waals surface area (Å²) in [5, 5.41) is 22.1. The van der Waals surface area contributed by atoms with Gasteiger partial charge in [-0.25, -0.2) is 8.42 Å². The van der Waals surface area contributed by atoms with Crippen molar-refractivity contribution in [1.82, 2.24) is 0 Å². The predicted octanol–water partition coefficient (Wildman–Crippen LogP) is 4.12. The lowest BCUT2D eigenvalue weighted by Crippen LogP contribution is -2.62. The topological polar surface area (TPSA) is 107 Å². The molecule has 186 valence electrons. The summed E-state index contributed by atoms with van der Waals surface area (Å²) in [5.74, 6) is 2.69. The summed E-state index contributed by atoms with van der Waals surface area (Å²) in [6.07, 6.45) is 8.26. The monoisotopic (exact) mass is 471 g/mol. The van der Waals surface area contributed by atoms with Gasteiger partial charge in [0.2, 0.25) is 10.4 Å². The van der Waals surface area contributed by atoms with Gasteiger partial charge in [-0.1, -0.05) is 34.1 Å². The van der Waals surface area contributed by atoms with Crippen LogP contribution in [0.2, 0.25) is 0 Å². The first-order valence-electron chi connectivity index (χ1n) is 12.9. The molecule has 32 heavy (non-hydrogen) atoms. The van der Waals surface area contributed by atoms with Crippen molar-refractivity contribution < 1.29 is 27.4 Å². The zero-order valence-electron chi connectivity index (χ0n) is 20.2. The van der Waals surface area contributed by atoms with E-state index in [2.05, 4.69) is 31.9 Å². The first kappa shape index (κ1) is 24.9. The lowest BCUT2D eigenvalue weighted by Gasteiger charge is -2.64. The highest BCUT2D eigenvalue weighted by atomic mass is 32.3. The normalized spacial score (nSPS) is 49.7. The molecule has 0 radical (unpaired) electrons. The van der Waals surface area contributed by atoms with Gasteiger partial charge >= 0.3 is 0 Å². The van der Waals surface area contributed by atoms with Crippen LogP contribution < -0.4 is 0 Å². The van der Waals surface area contributed by atoms with Crippen molar-refractivity contribution in [3.05, 3.63) is 0 Å². The van der Waals surface area contributed by atoms with E-state index < -0.39 is 10.4 Å². The number of hydrogen-bond acceptors (Lipinski definition) is 6. The number of hydrogen-bond donors (Lipinski definition) is 2. The summed E-state index contributed by atoms with van der Waals surface area (Å²) in [4.78, 5) is 0. The Morgan fingerprint density at radius 1 is 1.03 bits per heavy atom. The third-order valence-corrected chi connectivity index (χ3v) is 11.4. The van der Waals surface area contributed by atoms with Gasteiger partial charge in [0.15, 0.2) is 0 Å². The van der Waals surface area contributed by atoms with Crippen molar-refractivity contribution in [3.63, 3.8) is 0 Å². The minimum Gasteiger partial charge on any atom is -0.726 e. The average Bonchev–Trinajstić information content (AvgIpc) is 3.06. The second kappa shape index (κ2) is 8.78. The molecule has 0 aliphatic heterocycles. The van der Waals surface area contributed by atoms with E-state index in [1.807, 2.05) is 0 Å². The van der Waals surface area contributed by atoms with Crippen LogP contribution in [0.15, 0.2) is 0 Å². The van der Waals surface area contributed by atoms with E-state index in [0.717, 1.165) is 51.4 Å². The summed E-state index contributed by atoms with van der Waals surface area (Å²) in [6.45, 7) is 9.17. The van der Waals surface area contributed by atoms with Crippen LogP contribution in [0.5, 0.6) is 0 Å². The van der Waals surface area contributed by atoms with Gasteiger partial charge < -0.3 is 14.8 Å². The van der Waals surface area contributed by atoms with Crippen LogP contribution in [-0.4, -0.2) is 42.0 Å². The Bertz CT molecular complexity index is 785. The molecular formula is C25H43O6S-. The lowest BCUT2D eigenvalue weighted by atomic mass is 9.41. The Balaban J connectivity index is 1.56. The van der Waals surface area contributed by atoms with Crippen molar-refractivity contribution in [2.45, 2.75) is 97.7 Å². The van der Waals surface area contributed by atoms with Crippen LogP contribution in [0.25, 0.3) is 0 Å². The molecule has 4 unspecified atom stereocenters. The number of fused-ring (bicyclic) bond motifs is 5. The summed E-state index contributed by atoms with van der Waals surface area (Å²) in [7, 11) is -4.64. The summed E-state index contributed by atoms with van der Waals surface area (Å²) in [5.41, 5.74) is 0.332. The zero-order chi connectivity index (χ0) is 23.5. The van der Waals surface area contributed by atoms with Crippen molar-refractivity contribution in [1.29, 1.82) is 0 Å². The molecule has 2 N–H and O–H groups in total. The molecule has 0 amide bonds. The molecule has 0 bridgehead atoms. The minimum absolute atomic E-state index is 0.0427. The smallest absolute Gasteiger partial charge is 0.217 e. The molecule has 4 rings (SSSR count). The fourth-order valence-electron chi connectivity index (χ4n) is 9.47. The zero-order valence-corrected chi connectivity index (χ0v) is 21.0. The Labute approximate surface area is 194 Å². The fraction of sp³-hybridized carbons (Fsp3) is 1.00. The van der Waals surface area contributed by atoms with Crippen LogP contribution in [0, 0.1) is 52.3 Å². The summed E-state index contributed by atoms with van der Waals surface area (Å²) in [6, 6.07) is 0. The number of aliphatic hydroxyl groups is 2. The molecule has 0 aromatic heterocycles. The standard InChI is InChI=1S/C25H44O6S/c1-5-17-21-14-16(26)8-11-25(21,4)20-9-12-24(3)18(6-7-19(24)22(20)23(17)27)15(2)10-13-31-32(28,29)30/h15-23,26-27H,5-14H2,1-4H3,(H,28,29,30)/p-1/t15?,16-,17-,18-,19?,20?,21+,22?,23-,24-,25-/m1/s1. The maximum atomic E-state index is 11.7. The van der Waals surface area contributed by atoms with Gasteiger partial charge in [0.05, 0.1) is 18.8 Å². The van der Waals surface area contributed by atoms with Crippen molar-refractivity contribution in [3.8, 4) is 0 Å². The maximum Gasteiger partial charge on any atom is 0.217 e. The highest BCUT2D eigenvalue weighted by molar-refractivity contribution is 7.80. The van der Waals surface area contributed by atoms with E-state index in [0.29, 0.717) is 36.0 Å². The van der Waals surface area contributed by atoms with Crippen molar-refractivity contribution in [2.24, 2.45) is 52.3 Å². The molecule has 11 atom stereocenters. The first-order valence-corrected chi connectivity index (χ1v) is 14.2. The average molecular weight is 472 g/mol. The fourth-order valence-corrected chi connectivity index (χ4v) is 9.77. The molecule has 4 fully saturated rings. The van der Waals surface area contributed by atoms with E-state index in [9.17, 15) is 23.2 Å². The Kier molecular flexibility index (Phi) is 6.83. The van der Waals surface area contributed by atoms with E-state index in [1.54, 1.807) is 0 Å². The second-order valence-corrected chi connectivity index (χ2v) is 13.2. The van der Waals surface area contributed by atoms with Crippen LogP contribution in [-0.2, 0) is 14.6 Å². The number of rotatable bonds is 6. The second-order valence-electron chi connectivity index (χ2n) is 12.1. The van der Waals surface area contributed by atoms with Gasteiger partial charge in [-0.3, -0.25) is 4.18 Å². The van der Waals surface area contributed by atoms with E-state index in [4.69, 9.17) is 0 Å². The van der Waals surface area contributed by atoms with E-state index in [1.165, 1.54) is 0 Å². The van der Waals surface area contributed by atoms with E-state index in [-0.39, 0.29) is 41.5 Å². The maximum absolute atomic E-state index is 11.7. The molecule has 0 aromatic carbocycles. The van der Waals surface area contributed by atoms with Gasteiger partial charge in [0, 0.05) is 0 Å². The lowest BCUT2D eigenvalue weighted by molar-refractivity contribution is -0.203. The third-order valence-electron chi connectivity index (χ3n) is 11.0. The minimum atomic E-state index is -4.64. The van der Waals surface area contributed by atoms with Gasteiger partial charge in [-0.05, 0) is 104 Å². The Hall–Kier alpha value is -0.210. The van der Waals surface area contributed by atoms with Crippen molar-refractivity contribution >= 4 is 10.4 Å². The Morgan fingerprint density at radius 2 is 1.69 bits per heavy atom. The molecular weight excluding hydrogens is 428 g/mol. The molecule has 4 aliphatic rings. The highest BCUT2D eigenvalue weighted by Crippen LogP contribution is 2.69. The molecule has 6 nitrogen and oxygen atoms in total. The molecule has 0 aromatic rings. The van der Waals surface area contributed by atoms with Crippen molar-refractivity contribution in [2.75, 3.05) is 6.61 Å². The predicted molar refractivity (Wildman–Crippen MR) is 121 cm³/mol. The van der Waals surface area contributed by atoms with Gasteiger partial charge in [-0.2, -0.15) is 0 Å². The molecule has 0 spiro atoms. The highest BCUT2D eigenvalue weighted by Gasteiger charge is 2.64. The SMILES string of the molecule is CC[C@H]1[C@@H](O)C2C3CC[C@H](C(C)CCOS(=O)(=O)[O-])[C@@]3(C)CCC2[C@@]2(C)CC[C@@H](O)C[C@@H]12. The first-order chi connectivity index (χ1) is 14.9. The van der Waals surface area contributed by atoms with Gasteiger partial charge in [0.25, 0.3) is 0 Å². The van der Waals surface area contributed by atoms with Crippen LogP contribution in [0.3, 0.4) is 0 Å². The largest absolute Gasteiger partial charge is 0.726 e. The summed E-state index contributed by atoms with van der Waals surface area (Å²) >= 11 is 0. The molecule has 4 saturated carbocycles. The van der Waals surface area contributed by atoms with Crippen LogP contribution in [0.1, 0.15) is 85.5 Å². The molecule has 4 aliphatic carbocycles. The quantitative estimate of drug-likeness (QED) is 0.446. The molecule has 7 heteroatoms. The van der Waals surface area contributed by atoms with E-state index >= 15 is 0 Å². The van der Waals surface area contributed by atoms with Crippen LogP contribution in [0.4, 0.5) is 0 Å². The Morgan fingerprint density at radius 3 is 2.34 bits per heavy atom. The molecule has 0 heterocycles. The van der Waals surface area contributed by atoms with Gasteiger partial charge in [0.1, 0.15) is 0 Å². The van der Waals surface area contributed by atoms with Gasteiger partial charge in [-0.15, -0.1) is 0 Å². The number of aliphatic hydroxyl groups excluding tert-OH is 2. The molecule has 0 saturated heterocycles.